The molecule has 0 fully saturated rings. The van der Waals surface area contributed by atoms with Crippen LogP contribution in [-0.4, -0.2) is 6.54 Å². The first kappa shape index (κ1) is 15.2. The Labute approximate surface area is 101 Å². The van der Waals surface area contributed by atoms with E-state index in [1.165, 1.54) is 0 Å². The third-order valence-electron chi connectivity index (χ3n) is 2.87. The van der Waals surface area contributed by atoms with Gasteiger partial charge in [0, 0.05) is 0 Å². The van der Waals surface area contributed by atoms with Crippen molar-refractivity contribution >= 4 is 0 Å². The molecule has 1 nitrogen and oxygen atoms in total. The van der Waals surface area contributed by atoms with Gasteiger partial charge in [0.15, 0.2) is 0 Å². The predicted molar refractivity (Wildman–Crippen MR) is 74.3 cm³/mol. The lowest BCUT2D eigenvalue weighted by molar-refractivity contribution is 0.436. The van der Waals surface area contributed by atoms with Crippen LogP contribution < -0.4 is 5.73 Å². The summed E-state index contributed by atoms with van der Waals surface area (Å²) in [7, 11) is 0. The Morgan fingerprint density at radius 3 is 2.56 bits per heavy atom. The van der Waals surface area contributed by atoms with E-state index in [9.17, 15) is 0 Å². The molecule has 0 bridgehead atoms. The van der Waals surface area contributed by atoms with Gasteiger partial charge in [-0.25, -0.2) is 0 Å². The number of hydrogen-bond acceptors (Lipinski definition) is 1. The molecule has 1 heteroatoms. The van der Waals surface area contributed by atoms with Crippen molar-refractivity contribution in [1.29, 1.82) is 0 Å². The summed E-state index contributed by atoms with van der Waals surface area (Å²) in [5.74, 6) is 1.30. The maximum absolute atomic E-state index is 5.47. The van der Waals surface area contributed by atoms with E-state index in [-0.39, 0.29) is 0 Å². The maximum atomic E-state index is 5.47. The Morgan fingerprint density at radius 2 is 2.00 bits per heavy atom. The van der Waals surface area contributed by atoms with Gasteiger partial charge in [-0.15, -0.1) is 6.58 Å². The van der Waals surface area contributed by atoms with Gasteiger partial charge in [-0.05, 0) is 51.0 Å². The van der Waals surface area contributed by atoms with Crippen LogP contribution in [0.5, 0.6) is 0 Å². The fraction of sp³-hybridized carbons (Fsp3) is 0.600. The van der Waals surface area contributed by atoms with Gasteiger partial charge >= 0.3 is 0 Å². The highest BCUT2D eigenvalue weighted by Gasteiger charge is 2.10. The van der Waals surface area contributed by atoms with Crippen LogP contribution in [0.3, 0.4) is 0 Å². The molecule has 0 aromatic rings. The second kappa shape index (κ2) is 10.7. The molecule has 2 atom stereocenters. The molecule has 92 valence electrons. The molecule has 0 radical (unpaired) electrons. The Morgan fingerprint density at radius 1 is 1.25 bits per heavy atom. The molecular formula is C15H27N. The van der Waals surface area contributed by atoms with Crippen LogP contribution in [0.2, 0.25) is 0 Å². The fourth-order valence-corrected chi connectivity index (χ4v) is 1.73. The second-order valence-electron chi connectivity index (χ2n) is 4.33. The zero-order valence-electron chi connectivity index (χ0n) is 10.9. The first-order chi connectivity index (χ1) is 7.76. The van der Waals surface area contributed by atoms with Gasteiger partial charge in [0.2, 0.25) is 0 Å². The minimum atomic E-state index is 0.617. The van der Waals surface area contributed by atoms with Crippen molar-refractivity contribution in [2.45, 2.75) is 39.5 Å². The van der Waals surface area contributed by atoms with Crippen molar-refractivity contribution in [1.82, 2.24) is 0 Å². The van der Waals surface area contributed by atoms with Crippen LogP contribution in [0.1, 0.15) is 39.5 Å². The van der Waals surface area contributed by atoms with Gasteiger partial charge in [0.25, 0.3) is 0 Å². The summed E-state index contributed by atoms with van der Waals surface area (Å²) in [6.45, 7) is 9.00. The molecule has 0 saturated carbocycles. The van der Waals surface area contributed by atoms with E-state index in [1.54, 1.807) is 0 Å². The van der Waals surface area contributed by atoms with Crippen molar-refractivity contribution in [3.8, 4) is 0 Å². The van der Waals surface area contributed by atoms with Crippen LogP contribution >= 0.6 is 0 Å². The van der Waals surface area contributed by atoms with Crippen molar-refractivity contribution in [3.63, 3.8) is 0 Å². The highest BCUT2D eigenvalue weighted by Crippen LogP contribution is 2.21. The molecule has 2 N–H and O–H groups in total. The molecular weight excluding hydrogens is 194 g/mol. The number of unbranched alkanes of at least 4 members (excludes halogenated alkanes) is 1. The number of nitrogens with two attached hydrogens (primary N) is 1. The van der Waals surface area contributed by atoms with E-state index in [0.29, 0.717) is 11.8 Å². The summed E-state index contributed by atoms with van der Waals surface area (Å²) >= 11 is 0. The number of allylic oxidation sites excluding steroid dienone is 5. The van der Waals surface area contributed by atoms with Gasteiger partial charge in [-0.1, -0.05) is 37.3 Å². The Balaban J connectivity index is 4.12. The van der Waals surface area contributed by atoms with Gasteiger partial charge in [0.1, 0.15) is 0 Å². The first-order valence-corrected chi connectivity index (χ1v) is 6.35. The lowest BCUT2D eigenvalue weighted by Crippen LogP contribution is -2.07. The molecule has 16 heavy (non-hydrogen) atoms. The minimum absolute atomic E-state index is 0.617. The van der Waals surface area contributed by atoms with Crippen molar-refractivity contribution in [2.75, 3.05) is 6.54 Å². The SMILES string of the molecule is C=CCC(/C=C\CCCN)C(C)C/C=C\C. The largest absolute Gasteiger partial charge is 0.330 e. The summed E-state index contributed by atoms with van der Waals surface area (Å²) in [6, 6.07) is 0. The molecule has 0 heterocycles. The zero-order valence-corrected chi connectivity index (χ0v) is 10.9. The van der Waals surface area contributed by atoms with Crippen LogP contribution in [0.4, 0.5) is 0 Å². The van der Waals surface area contributed by atoms with Crippen LogP contribution in [0, 0.1) is 11.8 Å². The minimum Gasteiger partial charge on any atom is -0.330 e. The van der Waals surface area contributed by atoms with E-state index < -0.39 is 0 Å². The van der Waals surface area contributed by atoms with E-state index in [0.717, 1.165) is 32.2 Å². The summed E-state index contributed by atoms with van der Waals surface area (Å²) in [4.78, 5) is 0. The summed E-state index contributed by atoms with van der Waals surface area (Å²) in [5, 5.41) is 0. The number of rotatable bonds is 9. The van der Waals surface area contributed by atoms with Gasteiger partial charge in [-0.3, -0.25) is 0 Å². The van der Waals surface area contributed by atoms with E-state index in [4.69, 9.17) is 5.73 Å². The van der Waals surface area contributed by atoms with Crippen molar-refractivity contribution in [2.24, 2.45) is 17.6 Å². The summed E-state index contributed by atoms with van der Waals surface area (Å²) in [5.41, 5.74) is 5.47. The quantitative estimate of drug-likeness (QED) is 0.461. The molecule has 0 rings (SSSR count). The molecule has 0 aliphatic rings. The maximum Gasteiger partial charge on any atom is -0.00743 e. The molecule has 0 amide bonds. The lowest BCUT2D eigenvalue weighted by Gasteiger charge is -2.18. The molecule has 0 saturated heterocycles. The topological polar surface area (TPSA) is 26.0 Å². The molecule has 0 aromatic carbocycles. The summed E-state index contributed by atoms with van der Waals surface area (Å²) < 4.78 is 0. The number of hydrogen-bond donors (Lipinski definition) is 1. The van der Waals surface area contributed by atoms with Gasteiger partial charge in [-0.2, -0.15) is 0 Å². The normalized spacial score (nSPS) is 15.7. The monoisotopic (exact) mass is 221 g/mol. The van der Waals surface area contributed by atoms with Gasteiger partial charge < -0.3 is 5.73 Å². The van der Waals surface area contributed by atoms with E-state index >= 15 is 0 Å². The van der Waals surface area contributed by atoms with Crippen molar-refractivity contribution in [3.05, 3.63) is 37.0 Å². The second-order valence-corrected chi connectivity index (χ2v) is 4.33. The molecule has 0 aliphatic carbocycles. The third kappa shape index (κ3) is 7.47. The Hall–Kier alpha value is -0.820. The van der Waals surface area contributed by atoms with Crippen LogP contribution in [0.25, 0.3) is 0 Å². The molecule has 2 unspecified atom stereocenters. The molecule has 0 aliphatic heterocycles. The summed E-state index contributed by atoms with van der Waals surface area (Å²) in [6.07, 6.45) is 15.4. The molecule has 0 spiro atoms. The highest BCUT2D eigenvalue weighted by molar-refractivity contribution is 4.95. The lowest BCUT2D eigenvalue weighted by atomic mass is 9.88. The van der Waals surface area contributed by atoms with Crippen molar-refractivity contribution < 1.29 is 0 Å². The Kier molecular flexibility index (Phi) is 10.1. The standard InChI is InChI=1S/C15H27N/c1-4-6-11-14(3)15(10-5-2)12-8-7-9-13-16/h4-6,8,12,14-15H,2,7,9-11,13,16H2,1,3H3/b6-4-,12-8-. The molecule has 0 aromatic heterocycles. The van der Waals surface area contributed by atoms with E-state index in [1.807, 2.05) is 6.08 Å². The highest BCUT2D eigenvalue weighted by atomic mass is 14.5. The fourth-order valence-electron chi connectivity index (χ4n) is 1.73. The first-order valence-electron chi connectivity index (χ1n) is 6.35. The smallest absolute Gasteiger partial charge is 0.00743 e. The average Bonchev–Trinajstić information content (AvgIpc) is 2.30. The van der Waals surface area contributed by atoms with Crippen LogP contribution in [0.15, 0.2) is 37.0 Å². The third-order valence-corrected chi connectivity index (χ3v) is 2.87. The van der Waals surface area contributed by atoms with Crippen LogP contribution in [-0.2, 0) is 0 Å². The Bertz CT molecular complexity index is 215. The average molecular weight is 221 g/mol. The van der Waals surface area contributed by atoms with Gasteiger partial charge in [0.05, 0.1) is 0 Å². The zero-order chi connectivity index (χ0) is 12.2. The predicted octanol–water partition coefficient (Wildman–Crippen LogP) is 4.08. The van der Waals surface area contributed by atoms with E-state index in [2.05, 4.69) is 44.7 Å².